The van der Waals surface area contributed by atoms with Crippen LogP contribution in [-0.2, 0) is 9.59 Å². The highest BCUT2D eigenvalue weighted by Gasteiger charge is 2.43. The number of fused-ring (bicyclic) bond motifs is 2. The molecule has 12 heteroatoms. The standard InChI is InChI=1S/C22H20ClF2N7O2/c1-9(31(3)10(2)33)17-20(25)19(23)18(12-5-27-30-21(12)17)14-7-32-8-15(28-16(32)6-26-14)29-22(34)11-4-13(11)24/h5-9,11,13H,4H2,1-3H3,(H,27,30)(H,29,34)/t9?,11-,13+/m1/s1. The van der Waals surface area contributed by atoms with Gasteiger partial charge in [0.1, 0.15) is 12.0 Å². The van der Waals surface area contributed by atoms with Crippen molar-refractivity contribution in [3.8, 4) is 11.3 Å². The number of carbonyl (C=O) groups is 2. The first-order chi connectivity index (χ1) is 16.2. The van der Waals surface area contributed by atoms with E-state index in [1.165, 1.54) is 24.2 Å². The summed E-state index contributed by atoms with van der Waals surface area (Å²) < 4.78 is 30.3. The van der Waals surface area contributed by atoms with Crippen LogP contribution in [-0.4, -0.2) is 54.5 Å². The molecule has 1 aliphatic rings. The summed E-state index contributed by atoms with van der Waals surface area (Å²) in [4.78, 5) is 33.9. The Balaban J connectivity index is 1.58. The van der Waals surface area contributed by atoms with Gasteiger partial charge in [0.15, 0.2) is 11.5 Å². The Morgan fingerprint density at radius 1 is 1.35 bits per heavy atom. The maximum atomic E-state index is 15.6. The van der Waals surface area contributed by atoms with Crippen LogP contribution >= 0.6 is 11.6 Å². The van der Waals surface area contributed by atoms with Crippen molar-refractivity contribution < 1.29 is 18.4 Å². The minimum Gasteiger partial charge on any atom is -0.339 e. The Morgan fingerprint density at radius 3 is 2.76 bits per heavy atom. The van der Waals surface area contributed by atoms with Gasteiger partial charge in [0.2, 0.25) is 11.8 Å². The van der Waals surface area contributed by atoms with E-state index >= 15 is 4.39 Å². The molecule has 9 nitrogen and oxygen atoms in total. The summed E-state index contributed by atoms with van der Waals surface area (Å²) >= 11 is 6.50. The number of halogens is 3. The fraction of sp³-hybridized carbons (Fsp3) is 0.318. The van der Waals surface area contributed by atoms with E-state index in [9.17, 15) is 14.0 Å². The summed E-state index contributed by atoms with van der Waals surface area (Å²) in [6.07, 6.45) is 5.25. The molecule has 0 radical (unpaired) electrons. The summed E-state index contributed by atoms with van der Waals surface area (Å²) in [6, 6.07) is -0.599. The molecular weight excluding hydrogens is 468 g/mol. The van der Waals surface area contributed by atoms with E-state index in [4.69, 9.17) is 11.6 Å². The predicted octanol–water partition coefficient (Wildman–Crippen LogP) is 3.90. The van der Waals surface area contributed by atoms with Gasteiger partial charge < -0.3 is 14.6 Å². The number of nitrogens with zero attached hydrogens (tertiary/aromatic N) is 5. The number of H-pyrrole nitrogens is 1. The molecule has 176 valence electrons. The fourth-order valence-corrected chi connectivity index (χ4v) is 4.29. The predicted molar refractivity (Wildman–Crippen MR) is 122 cm³/mol. The molecule has 2 amide bonds. The topological polar surface area (TPSA) is 108 Å². The second kappa shape index (κ2) is 8.01. The zero-order valence-corrected chi connectivity index (χ0v) is 19.2. The van der Waals surface area contributed by atoms with Gasteiger partial charge in [0.05, 0.1) is 46.8 Å². The smallest absolute Gasteiger partial charge is 0.231 e. The lowest BCUT2D eigenvalue weighted by Crippen LogP contribution is -2.28. The average Bonchev–Trinajstić information content (AvgIpc) is 3.17. The maximum Gasteiger partial charge on any atom is 0.231 e. The van der Waals surface area contributed by atoms with Crippen molar-refractivity contribution in [2.75, 3.05) is 12.4 Å². The van der Waals surface area contributed by atoms with Crippen LogP contribution in [0.2, 0.25) is 5.02 Å². The summed E-state index contributed by atoms with van der Waals surface area (Å²) in [5, 5.41) is 9.85. The molecule has 4 aromatic rings. The highest BCUT2D eigenvalue weighted by atomic mass is 35.5. The van der Waals surface area contributed by atoms with E-state index in [0.29, 0.717) is 27.8 Å². The third kappa shape index (κ3) is 3.56. The van der Waals surface area contributed by atoms with Gasteiger partial charge >= 0.3 is 0 Å². The number of hydrogen-bond donors (Lipinski definition) is 2. The Hall–Kier alpha value is -3.60. The number of alkyl halides is 1. The van der Waals surface area contributed by atoms with Crippen molar-refractivity contribution in [1.82, 2.24) is 29.5 Å². The van der Waals surface area contributed by atoms with E-state index in [0.717, 1.165) is 0 Å². The number of hydrogen-bond acceptors (Lipinski definition) is 5. The third-order valence-corrected chi connectivity index (χ3v) is 6.58. The molecule has 1 fully saturated rings. The number of carbonyl (C=O) groups excluding carboxylic acids is 2. The first-order valence-corrected chi connectivity index (χ1v) is 10.9. The summed E-state index contributed by atoms with van der Waals surface area (Å²) in [7, 11) is 1.58. The number of rotatable bonds is 5. The lowest BCUT2D eigenvalue weighted by molar-refractivity contribution is -0.129. The number of imidazole rings is 1. The molecule has 0 bridgehead atoms. The van der Waals surface area contributed by atoms with Gasteiger partial charge in [0, 0.05) is 36.7 Å². The van der Waals surface area contributed by atoms with Gasteiger partial charge in [-0.1, -0.05) is 11.6 Å². The minimum absolute atomic E-state index is 0.157. The molecule has 0 spiro atoms. The lowest BCUT2D eigenvalue weighted by atomic mass is 9.98. The van der Waals surface area contributed by atoms with Gasteiger partial charge in [-0.2, -0.15) is 5.10 Å². The lowest BCUT2D eigenvalue weighted by Gasteiger charge is -2.25. The van der Waals surface area contributed by atoms with Crippen molar-refractivity contribution in [3.05, 3.63) is 41.2 Å². The fourth-order valence-electron chi connectivity index (χ4n) is 3.99. The molecule has 3 heterocycles. The number of nitrogens with one attached hydrogen (secondary N) is 2. The molecular formula is C22H20ClF2N7O2. The Morgan fingerprint density at radius 2 is 2.09 bits per heavy atom. The highest BCUT2D eigenvalue weighted by molar-refractivity contribution is 6.35. The van der Waals surface area contributed by atoms with Crippen LogP contribution < -0.4 is 5.32 Å². The van der Waals surface area contributed by atoms with Gasteiger partial charge in [-0.15, -0.1) is 0 Å². The number of aromatic nitrogens is 5. The van der Waals surface area contributed by atoms with Crippen molar-refractivity contribution in [1.29, 1.82) is 0 Å². The Bertz CT molecular complexity index is 1470. The molecule has 0 saturated heterocycles. The summed E-state index contributed by atoms with van der Waals surface area (Å²) in [5.74, 6) is -1.71. The van der Waals surface area contributed by atoms with Crippen LogP contribution in [0.3, 0.4) is 0 Å². The number of aromatic amines is 1. The molecule has 1 aromatic carbocycles. The molecule has 1 unspecified atom stereocenters. The second-order valence-electron chi connectivity index (χ2n) is 8.39. The molecule has 1 saturated carbocycles. The molecule has 3 atom stereocenters. The van der Waals surface area contributed by atoms with E-state index in [-0.39, 0.29) is 28.7 Å². The molecule has 2 N–H and O–H groups in total. The van der Waals surface area contributed by atoms with Gasteiger partial charge in [0.25, 0.3) is 0 Å². The summed E-state index contributed by atoms with van der Waals surface area (Å²) in [6.45, 7) is 3.10. The molecule has 1 aliphatic carbocycles. The van der Waals surface area contributed by atoms with Gasteiger partial charge in [-0.3, -0.25) is 19.7 Å². The van der Waals surface area contributed by atoms with Crippen LogP contribution in [0.5, 0.6) is 0 Å². The third-order valence-electron chi connectivity index (χ3n) is 6.22. The number of benzene rings is 1. The molecule has 0 aliphatic heterocycles. The monoisotopic (exact) mass is 487 g/mol. The van der Waals surface area contributed by atoms with Crippen LogP contribution in [0, 0.1) is 11.7 Å². The van der Waals surface area contributed by atoms with Gasteiger partial charge in [-0.25, -0.2) is 13.8 Å². The number of amides is 2. The van der Waals surface area contributed by atoms with Crippen molar-refractivity contribution in [2.24, 2.45) is 5.92 Å². The van der Waals surface area contributed by atoms with Crippen LogP contribution in [0.1, 0.15) is 31.9 Å². The van der Waals surface area contributed by atoms with Gasteiger partial charge in [-0.05, 0) is 13.3 Å². The van der Waals surface area contributed by atoms with E-state index < -0.39 is 29.9 Å². The van der Waals surface area contributed by atoms with Crippen molar-refractivity contribution >= 4 is 45.8 Å². The average molecular weight is 488 g/mol. The quantitative estimate of drug-likeness (QED) is 0.444. The molecule has 5 rings (SSSR count). The minimum atomic E-state index is -1.11. The SMILES string of the molecule is CC(=O)N(C)C(C)c1c(F)c(Cl)c(-c2cn3cc(NC(=O)[C@@H]4C[C@@H]4F)nc3cn2)c2cn[nH]c12. The van der Waals surface area contributed by atoms with Crippen LogP contribution in [0.15, 0.2) is 24.8 Å². The Labute approximate surface area is 197 Å². The van der Waals surface area contributed by atoms with Crippen LogP contribution in [0.4, 0.5) is 14.6 Å². The molecule has 34 heavy (non-hydrogen) atoms. The van der Waals surface area contributed by atoms with E-state index in [1.54, 1.807) is 30.8 Å². The summed E-state index contributed by atoms with van der Waals surface area (Å²) in [5.41, 5.74) is 1.73. The van der Waals surface area contributed by atoms with Crippen molar-refractivity contribution in [3.63, 3.8) is 0 Å². The van der Waals surface area contributed by atoms with E-state index in [2.05, 4.69) is 25.5 Å². The zero-order chi connectivity index (χ0) is 24.3. The Kier molecular flexibility index (Phi) is 5.23. The second-order valence-corrected chi connectivity index (χ2v) is 8.77. The maximum absolute atomic E-state index is 15.6. The molecule has 3 aromatic heterocycles. The first-order valence-electron chi connectivity index (χ1n) is 10.5. The first kappa shape index (κ1) is 22.2. The zero-order valence-electron chi connectivity index (χ0n) is 18.4. The normalized spacial score (nSPS) is 18.3. The highest BCUT2D eigenvalue weighted by Crippen LogP contribution is 2.41. The van der Waals surface area contributed by atoms with E-state index in [1.807, 2.05) is 0 Å². The van der Waals surface area contributed by atoms with Crippen LogP contribution in [0.25, 0.3) is 27.8 Å². The number of anilines is 1. The van der Waals surface area contributed by atoms with Crippen molar-refractivity contribution in [2.45, 2.75) is 32.5 Å². The largest absolute Gasteiger partial charge is 0.339 e.